The maximum Gasteiger partial charge on any atom is 0.272 e. The van der Waals surface area contributed by atoms with E-state index >= 15 is 0 Å². The fourth-order valence-electron chi connectivity index (χ4n) is 3.41. The summed E-state index contributed by atoms with van der Waals surface area (Å²) in [5.41, 5.74) is 0.364. The number of ether oxygens (including phenoxy) is 1. The molecule has 1 aromatic heterocycles. The predicted octanol–water partition coefficient (Wildman–Crippen LogP) is 1.28. The molecule has 0 saturated carbocycles. The van der Waals surface area contributed by atoms with Crippen LogP contribution in [0.4, 0.5) is 5.82 Å². The topological polar surface area (TPSA) is 79.4 Å². The molecule has 2 aliphatic rings. The number of anilines is 1. The highest BCUT2D eigenvalue weighted by molar-refractivity contribution is 5.92. The Hall–Kier alpha value is -1.73. The average Bonchev–Trinajstić information content (AvgIpc) is 3.09. The molecular weight excluding hydrogens is 306 g/mol. The van der Waals surface area contributed by atoms with Gasteiger partial charge in [0.25, 0.3) is 5.91 Å². The van der Waals surface area contributed by atoms with E-state index in [1.165, 1.54) is 19.4 Å². The number of aromatic nitrogens is 2. The molecule has 2 aliphatic heterocycles. The molecule has 2 fully saturated rings. The third-order valence-corrected chi connectivity index (χ3v) is 4.88. The van der Waals surface area contributed by atoms with Crippen molar-refractivity contribution in [2.45, 2.75) is 44.7 Å². The molecule has 0 spiro atoms. The molecule has 7 heteroatoms. The maximum atomic E-state index is 12.2. The Morgan fingerprint density at radius 2 is 2.12 bits per heavy atom. The Balaban J connectivity index is 1.48. The first-order valence-electron chi connectivity index (χ1n) is 8.96. The van der Waals surface area contributed by atoms with Crippen molar-refractivity contribution in [2.24, 2.45) is 0 Å². The molecule has 1 unspecified atom stereocenters. The van der Waals surface area contributed by atoms with E-state index in [1.807, 2.05) is 6.07 Å². The summed E-state index contributed by atoms with van der Waals surface area (Å²) in [6, 6.07) is 4.30. The van der Waals surface area contributed by atoms with Gasteiger partial charge in [-0.15, -0.1) is 10.2 Å². The summed E-state index contributed by atoms with van der Waals surface area (Å²) in [7, 11) is 0. The molecule has 2 saturated heterocycles. The molecule has 3 heterocycles. The lowest BCUT2D eigenvalue weighted by Gasteiger charge is -2.23. The van der Waals surface area contributed by atoms with Crippen molar-refractivity contribution in [1.82, 2.24) is 20.4 Å². The van der Waals surface area contributed by atoms with E-state index in [1.54, 1.807) is 6.07 Å². The molecule has 0 aliphatic carbocycles. The monoisotopic (exact) mass is 333 g/mol. The largest absolute Gasteiger partial charge is 0.381 e. The van der Waals surface area contributed by atoms with Crippen LogP contribution in [0.2, 0.25) is 0 Å². The summed E-state index contributed by atoms with van der Waals surface area (Å²) >= 11 is 0. The number of hydrogen-bond acceptors (Lipinski definition) is 6. The second-order valence-corrected chi connectivity index (χ2v) is 6.47. The summed E-state index contributed by atoms with van der Waals surface area (Å²) < 4.78 is 5.30. The third-order valence-electron chi connectivity index (χ3n) is 4.88. The molecule has 2 N–H and O–H groups in total. The Bertz CT molecular complexity index is 530. The van der Waals surface area contributed by atoms with Crippen LogP contribution in [0.3, 0.4) is 0 Å². The van der Waals surface area contributed by atoms with Gasteiger partial charge in [0.2, 0.25) is 0 Å². The zero-order valence-corrected chi connectivity index (χ0v) is 14.3. The van der Waals surface area contributed by atoms with Crippen LogP contribution in [0, 0.1) is 0 Å². The normalized spacial score (nSPS) is 22.5. The zero-order chi connectivity index (χ0) is 16.8. The summed E-state index contributed by atoms with van der Waals surface area (Å²) in [6.07, 6.45) is 4.19. The number of likely N-dealkylation sites (tertiary alicyclic amines) is 1. The lowest BCUT2D eigenvalue weighted by Crippen LogP contribution is -2.39. The van der Waals surface area contributed by atoms with Gasteiger partial charge in [0, 0.05) is 31.8 Å². The third kappa shape index (κ3) is 4.42. The Morgan fingerprint density at radius 3 is 2.83 bits per heavy atom. The summed E-state index contributed by atoms with van der Waals surface area (Å²) in [5.74, 6) is 0.564. The van der Waals surface area contributed by atoms with E-state index in [9.17, 15) is 4.79 Å². The number of carbonyl (C=O) groups is 1. The number of amides is 1. The van der Waals surface area contributed by atoms with Gasteiger partial charge in [-0.2, -0.15) is 0 Å². The minimum absolute atomic E-state index is 0.158. The van der Waals surface area contributed by atoms with Gasteiger partial charge in [-0.1, -0.05) is 6.92 Å². The molecular formula is C17H27N5O2. The van der Waals surface area contributed by atoms with Crippen molar-refractivity contribution in [1.29, 1.82) is 0 Å². The fourth-order valence-corrected chi connectivity index (χ4v) is 3.41. The van der Waals surface area contributed by atoms with Gasteiger partial charge in [0.05, 0.1) is 0 Å². The van der Waals surface area contributed by atoms with Crippen molar-refractivity contribution in [2.75, 3.05) is 38.2 Å². The van der Waals surface area contributed by atoms with Gasteiger partial charge < -0.3 is 15.4 Å². The molecule has 0 aromatic carbocycles. The second-order valence-electron chi connectivity index (χ2n) is 6.47. The Kier molecular flexibility index (Phi) is 5.98. The smallest absolute Gasteiger partial charge is 0.272 e. The first-order chi connectivity index (χ1) is 11.8. The maximum absolute atomic E-state index is 12.2. The van der Waals surface area contributed by atoms with Gasteiger partial charge in [0.15, 0.2) is 5.69 Å². The summed E-state index contributed by atoms with van der Waals surface area (Å²) in [5, 5.41) is 14.5. The minimum atomic E-state index is -0.158. The lowest BCUT2D eigenvalue weighted by atomic mass is 10.1. The SMILES string of the molecule is CCN1CCCC1CNc1ccc(C(=O)NC2CCOCC2)nn1. The molecule has 1 aromatic rings. The molecule has 0 radical (unpaired) electrons. The predicted molar refractivity (Wildman–Crippen MR) is 92.1 cm³/mol. The minimum Gasteiger partial charge on any atom is -0.381 e. The summed E-state index contributed by atoms with van der Waals surface area (Å²) in [6.45, 7) is 6.74. The molecule has 0 bridgehead atoms. The van der Waals surface area contributed by atoms with Crippen molar-refractivity contribution < 1.29 is 9.53 Å². The fraction of sp³-hybridized carbons (Fsp3) is 0.706. The zero-order valence-electron chi connectivity index (χ0n) is 14.3. The Morgan fingerprint density at radius 1 is 1.29 bits per heavy atom. The van der Waals surface area contributed by atoms with Crippen LogP contribution in [0.1, 0.15) is 43.1 Å². The van der Waals surface area contributed by atoms with Crippen LogP contribution in [0.15, 0.2) is 12.1 Å². The standard InChI is InChI=1S/C17H27N5O2/c1-2-22-9-3-4-14(22)12-18-16-6-5-15(20-21-16)17(23)19-13-7-10-24-11-8-13/h5-6,13-14H,2-4,7-12H2,1H3,(H,18,21)(H,19,23). The number of nitrogens with one attached hydrogen (secondary N) is 2. The number of carbonyl (C=O) groups excluding carboxylic acids is 1. The first-order valence-corrected chi connectivity index (χ1v) is 8.96. The van der Waals surface area contributed by atoms with Crippen LogP contribution < -0.4 is 10.6 Å². The lowest BCUT2D eigenvalue weighted by molar-refractivity contribution is 0.0693. The van der Waals surface area contributed by atoms with E-state index in [2.05, 4.69) is 32.7 Å². The van der Waals surface area contributed by atoms with Gasteiger partial charge in [0.1, 0.15) is 5.82 Å². The van der Waals surface area contributed by atoms with Crippen LogP contribution in [0.25, 0.3) is 0 Å². The van der Waals surface area contributed by atoms with Crippen LogP contribution >= 0.6 is 0 Å². The number of nitrogens with zero attached hydrogens (tertiary/aromatic N) is 3. The number of likely N-dealkylation sites (N-methyl/N-ethyl adjacent to an activating group) is 1. The Labute approximate surface area is 143 Å². The highest BCUT2D eigenvalue weighted by Gasteiger charge is 2.22. The highest BCUT2D eigenvalue weighted by Crippen LogP contribution is 2.17. The molecule has 132 valence electrons. The first kappa shape index (κ1) is 17.1. The van der Waals surface area contributed by atoms with Crippen LogP contribution in [-0.2, 0) is 4.74 Å². The van der Waals surface area contributed by atoms with E-state index < -0.39 is 0 Å². The molecule has 3 rings (SSSR count). The van der Waals surface area contributed by atoms with E-state index in [4.69, 9.17) is 4.74 Å². The quantitative estimate of drug-likeness (QED) is 0.816. The molecule has 24 heavy (non-hydrogen) atoms. The highest BCUT2D eigenvalue weighted by atomic mass is 16.5. The van der Waals surface area contributed by atoms with Crippen LogP contribution in [0.5, 0.6) is 0 Å². The van der Waals surface area contributed by atoms with E-state index in [0.717, 1.165) is 31.7 Å². The van der Waals surface area contributed by atoms with Crippen molar-refractivity contribution in [3.8, 4) is 0 Å². The van der Waals surface area contributed by atoms with Gasteiger partial charge in [-0.05, 0) is 50.9 Å². The van der Waals surface area contributed by atoms with Crippen molar-refractivity contribution in [3.63, 3.8) is 0 Å². The molecule has 1 atom stereocenters. The van der Waals surface area contributed by atoms with Crippen molar-refractivity contribution in [3.05, 3.63) is 17.8 Å². The van der Waals surface area contributed by atoms with Crippen molar-refractivity contribution >= 4 is 11.7 Å². The van der Waals surface area contributed by atoms with Gasteiger partial charge in [-0.25, -0.2) is 0 Å². The average molecular weight is 333 g/mol. The molecule has 1 amide bonds. The number of hydrogen-bond donors (Lipinski definition) is 2. The summed E-state index contributed by atoms with van der Waals surface area (Å²) in [4.78, 5) is 14.7. The van der Waals surface area contributed by atoms with E-state index in [0.29, 0.717) is 24.9 Å². The number of rotatable bonds is 6. The molecule has 7 nitrogen and oxygen atoms in total. The van der Waals surface area contributed by atoms with Crippen LogP contribution in [-0.4, -0.2) is 65.9 Å². The second kappa shape index (κ2) is 8.39. The van der Waals surface area contributed by atoms with Gasteiger partial charge in [-0.3, -0.25) is 9.69 Å². The van der Waals surface area contributed by atoms with Gasteiger partial charge >= 0.3 is 0 Å². The van der Waals surface area contributed by atoms with E-state index in [-0.39, 0.29) is 11.9 Å².